The van der Waals surface area contributed by atoms with Crippen molar-refractivity contribution in [3.05, 3.63) is 77.6 Å². The lowest BCUT2D eigenvalue weighted by Gasteiger charge is -2.18. The molecule has 0 saturated carbocycles. The Balaban J connectivity index is 1.36. The third-order valence-corrected chi connectivity index (χ3v) is 7.88. The molecule has 7 nitrogen and oxygen atoms in total. The number of sulfonamides is 1. The molecule has 174 valence electrons. The van der Waals surface area contributed by atoms with Crippen molar-refractivity contribution in [2.24, 2.45) is 0 Å². The fourth-order valence-electron chi connectivity index (χ4n) is 4.40. The first-order valence-electron chi connectivity index (χ1n) is 10.8. The largest absolute Gasteiger partial charge is 0.495 e. The summed E-state index contributed by atoms with van der Waals surface area (Å²) in [5.41, 5.74) is 0.899. The first kappa shape index (κ1) is 22.6. The van der Waals surface area contributed by atoms with Gasteiger partial charge in [-0.1, -0.05) is 54.1 Å². The number of ether oxygens (including phenoxy) is 1. The van der Waals surface area contributed by atoms with Crippen LogP contribution in [-0.4, -0.2) is 43.9 Å². The van der Waals surface area contributed by atoms with Crippen molar-refractivity contribution < 1.29 is 17.9 Å². The van der Waals surface area contributed by atoms with Gasteiger partial charge in [-0.3, -0.25) is 4.79 Å². The van der Waals surface area contributed by atoms with Crippen LogP contribution in [0.2, 0.25) is 5.15 Å². The fraction of sp³-hybridized carbons (Fsp3) is 0.200. The molecule has 1 atom stereocenters. The Morgan fingerprint density at radius 1 is 1.09 bits per heavy atom. The summed E-state index contributed by atoms with van der Waals surface area (Å²) in [5.74, 6) is -0.00438. The van der Waals surface area contributed by atoms with Crippen molar-refractivity contribution in [1.82, 2.24) is 14.6 Å². The molecule has 0 aliphatic carbocycles. The predicted octanol–water partition coefficient (Wildman–Crippen LogP) is 4.13. The number of amides is 1. The quantitative estimate of drug-likeness (QED) is 0.406. The molecular weight excluding hydrogens is 474 g/mol. The molecule has 1 aliphatic heterocycles. The van der Waals surface area contributed by atoms with Gasteiger partial charge in [-0.05, 0) is 41.0 Å². The number of halogens is 1. The maximum Gasteiger partial charge on any atom is 0.245 e. The number of hydrogen-bond donors (Lipinski definition) is 1. The number of benzene rings is 3. The normalized spacial score (nSPS) is 16.5. The van der Waals surface area contributed by atoms with E-state index < -0.39 is 16.1 Å². The van der Waals surface area contributed by atoms with Gasteiger partial charge in [0.05, 0.1) is 7.11 Å². The van der Waals surface area contributed by atoms with Crippen LogP contribution < -0.4 is 9.46 Å². The number of carbonyl (C=O) groups excluding carboxylic acids is 1. The smallest absolute Gasteiger partial charge is 0.245 e. The van der Waals surface area contributed by atoms with Crippen molar-refractivity contribution in [2.45, 2.75) is 23.9 Å². The zero-order valence-electron chi connectivity index (χ0n) is 18.4. The van der Waals surface area contributed by atoms with Gasteiger partial charge in [-0.15, -0.1) is 0 Å². The SMILES string of the molecule is COc1c(S(=O)(=O)N[C@H]2CCN(Cc3ccc4ccnc(Cl)c4c3)C2=O)ccc2ccccc12. The molecule has 9 heteroatoms. The topological polar surface area (TPSA) is 88.6 Å². The maximum absolute atomic E-state index is 13.2. The highest BCUT2D eigenvalue weighted by atomic mass is 35.5. The number of carbonyl (C=O) groups is 1. The van der Waals surface area contributed by atoms with Crippen molar-refractivity contribution in [3.63, 3.8) is 0 Å². The summed E-state index contributed by atoms with van der Waals surface area (Å²) in [4.78, 5) is 18.8. The number of methoxy groups -OCH3 is 1. The molecular formula is C25H22ClN3O4S. The number of hydrogen-bond acceptors (Lipinski definition) is 5. The second-order valence-electron chi connectivity index (χ2n) is 8.20. The van der Waals surface area contributed by atoms with E-state index in [1.807, 2.05) is 42.5 Å². The van der Waals surface area contributed by atoms with Crippen LogP contribution in [0.25, 0.3) is 21.5 Å². The lowest BCUT2D eigenvalue weighted by atomic mass is 10.1. The van der Waals surface area contributed by atoms with Gasteiger partial charge < -0.3 is 9.64 Å². The van der Waals surface area contributed by atoms with Crippen molar-refractivity contribution in [2.75, 3.05) is 13.7 Å². The number of fused-ring (bicyclic) bond motifs is 2. The summed E-state index contributed by atoms with van der Waals surface area (Å²) >= 11 is 6.21. The van der Waals surface area contributed by atoms with Crippen LogP contribution >= 0.6 is 11.6 Å². The van der Waals surface area contributed by atoms with E-state index in [1.54, 1.807) is 23.2 Å². The van der Waals surface area contributed by atoms with Crippen molar-refractivity contribution in [1.29, 1.82) is 0 Å². The number of nitrogens with one attached hydrogen (secondary N) is 1. The highest BCUT2D eigenvalue weighted by Gasteiger charge is 2.36. The van der Waals surface area contributed by atoms with Gasteiger partial charge in [0.25, 0.3) is 0 Å². The predicted molar refractivity (Wildman–Crippen MR) is 131 cm³/mol. The Kier molecular flexibility index (Phi) is 5.89. The van der Waals surface area contributed by atoms with E-state index in [1.165, 1.54) is 13.2 Å². The molecule has 4 aromatic rings. The summed E-state index contributed by atoms with van der Waals surface area (Å²) in [6.07, 6.45) is 2.03. The third kappa shape index (κ3) is 4.09. The summed E-state index contributed by atoms with van der Waals surface area (Å²) in [7, 11) is -2.55. The van der Waals surface area contributed by atoms with Crippen molar-refractivity contribution in [3.8, 4) is 5.75 Å². The number of likely N-dealkylation sites (tertiary alicyclic amines) is 1. The highest BCUT2D eigenvalue weighted by molar-refractivity contribution is 7.89. The second kappa shape index (κ2) is 8.87. The van der Waals surface area contributed by atoms with Crippen LogP contribution in [0.5, 0.6) is 5.75 Å². The molecule has 1 N–H and O–H groups in total. The van der Waals surface area contributed by atoms with Crippen LogP contribution in [0, 0.1) is 0 Å². The number of nitrogens with zero attached hydrogens (tertiary/aromatic N) is 2. The van der Waals surface area contributed by atoms with E-state index in [9.17, 15) is 13.2 Å². The number of pyridine rings is 1. The van der Waals surface area contributed by atoms with Gasteiger partial charge in [0.1, 0.15) is 21.8 Å². The van der Waals surface area contributed by atoms with Crippen LogP contribution in [-0.2, 0) is 21.4 Å². The van der Waals surface area contributed by atoms with Gasteiger partial charge in [-0.25, -0.2) is 13.4 Å². The van der Waals surface area contributed by atoms with Gasteiger partial charge in [0.2, 0.25) is 15.9 Å². The van der Waals surface area contributed by atoms with Crippen LogP contribution in [0.3, 0.4) is 0 Å². The number of rotatable bonds is 6. The van der Waals surface area contributed by atoms with Crippen molar-refractivity contribution >= 4 is 49.1 Å². The average molecular weight is 496 g/mol. The summed E-state index contributed by atoms with van der Waals surface area (Å²) in [6.45, 7) is 0.803. The van der Waals surface area contributed by atoms with Gasteiger partial charge in [-0.2, -0.15) is 4.72 Å². The van der Waals surface area contributed by atoms with E-state index >= 15 is 0 Å². The summed E-state index contributed by atoms with van der Waals surface area (Å²) in [5, 5.41) is 3.74. The molecule has 0 bridgehead atoms. The molecule has 34 heavy (non-hydrogen) atoms. The van der Waals surface area contributed by atoms with Crippen LogP contribution in [0.15, 0.2) is 71.8 Å². The minimum absolute atomic E-state index is 0.0108. The van der Waals surface area contributed by atoms with E-state index in [0.29, 0.717) is 30.0 Å². The minimum atomic E-state index is -3.99. The first-order valence-corrected chi connectivity index (χ1v) is 12.6. The summed E-state index contributed by atoms with van der Waals surface area (Å²) in [6, 6.07) is 17.4. The second-order valence-corrected chi connectivity index (χ2v) is 10.2. The summed E-state index contributed by atoms with van der Waals surface area (Å²) < 4.78 is 34.5. The molecule has 0 spiro atoms. The molecule has 3 aromatic carbocycles. The Labute approximate surface area is 202 Å². The van der Waals surface area contributed by atoms with Gasteiger partial charge in [0.15, 0.2) is 0 Å². The van der Waals surface area contributed by atoms with Gasteiger partial charge in [0, 0.05) is 30.1 Å². The molecule has 1 saturated heterocycles. The molecule has 2 heterocycles. The zero-order chi connectivity index (χ0) is 23.9. The van der Waals surface area contributed by atoms with E-state index in [-0.39, 0.29) is 16.6 Å². The van der Waals surface area contributed by atoms with Crippen LogP contribution in [0.4, 0.5) is 0 Å². The fourth-order valence-corrected chi connectivity index (χ4v) is 6.02. The zero-order valence-corrected chi connectivity index (χ0v) is 19.9. The third-order valence-electron chi connectivity index (χ3n) is 6.09. The molecule has 0 unspecified atom stereocenters. The van der Waals surface area contributed by atoms with Crippen LogP contribution in [0.1, 0.15) is 12.0 Å². The maximum atomic E-state index is 13.2. The average Bonchev–Trinajstić information content (AvgIpc) is 3.17. The Bertz CT molecular complexity index is 1520. The highest BCUT2D eigenvalue weighted by Crippen LogP contribution is 2.33. The minimum Gasteiger partial charge on any atom is -0.495 e. The van der Waals surface area contributed by atoms with E-state index in [2.05, 4.69) is 9.71 Å². The Hall–Kier alpha value is -3.20. The Morgan fingerprint density at radius 3 is 2.68 bits per heavy atom. The molecule has 1 aliphatic rings. The van der Waals surface area contributed by atoms with Gasteiger partial charge >= 0.3 is 0 Å². The monoisotopic (exact) mass is 495 g/mol. The number of aromatic nitrogens is 1. The lowest BCUT2D eigenvalue weighted by molar-refractivity contribution is -0.129. The first-order chi connectivity index (χ1) is 16.4. The molecule has 1 amide bonds. The molecule has 1 aromatic heterocycles. The molecule has 5 rings (SSSR count). The molecule has 1 fully saturated rings. The lowest BCUT2D eigenvalue weighted by Crippen LogP contribution is -2.41. The molecule has 0 radical (unpaired) electrons. The van der Waals surface area contributed by atoms with E-state index in [4.69, 9.17) is 16.3 Å². The standard InChI is InChI=1S/C25H22ClN3O4S/c1-33-23-19-5-3-2-4-17(19)8-9-22(23)34(31,32)28-21-11-13-29(25(21)30)15-16-6-7-18-10-12-27-24(26)20(18)14-16/h2-10,12,14,21,28H,11,13,15H2,1H3/t21-/m0/s1. The Morgan fingerprint density at radius 2 is 1.85 bits per heavy atom. The van der Waals surface area contributed by atoms with E-state index in [0.717, 1.165) is 21.7 Å².